The minimum Gasteiger partial charge on any atom is -0.494 e. The lowest BCUT2D eigenvalue weighted by Gasteiger charge is -2.11. The van der Waals surface area contributed by atoms with Gasteiger partial charge < -0.3 is 10.1 Å². The maximum Gasteiger partial charge on any atom is 0.240 e. The molecule has 2 N–H and O–H groups in total. The molecule has 0 fully saturated rings. The Morgan fingerprint density at radius 3 is 2.42 bits per heavy atom. The molecular formula is C25H27FN2O4S. The zero-order valence-electron chi connectivity index (χ0n) is 18.4. The molecule has 3 aromatic rings. The van der Waals surface area contributed by atoms with Gasteiger partial charge in [0, 0.05) is 19.5 Å². The number of nitrogens with one attached hydrogen (secondary N) is 2. The van der Waals surface area contributed by atoms with Crippen molar-refractivity contribution in [2.75, 3.05) is 6.61 Å². The summed E-state index contributed by atoms with van der Waals surface area (Å²) in [5, 5.41) is 2.83. The van der Waals surface area contributed by atoms with Crippen molar-refractivity contribution in [3.05, 3.63) is 95.3 Å². The molecule has 0 spiro atoms. The zero-order chi connectivity index (χ0) is 23.7. The maximum absolute atomic E-state index is 13.3. The van der Waals surface area contributed by atoms with Gasteiger partial charge in [0.1, 0.15) is 11.6 Å². The van der Waals surface area contributed by atoms with Gasteiger partial charge in [-0.15, -0.1) is 0 Å². The average Bonchev–Trinajstić information content (AvgIpc) is 2.81. The molecule has 0 unspecified atom stereocenters. The number of ether oxygens (including phenoxy) is 1. The van der Waals surface area contributed by atoms with Crippen molar-refractivity contribution >= 4 is 15.9 Å². The van der Waals surface area contributed by atoms with Gasteiger partial charge >= 0.3 is 0 Å². The van der Waals surface area contributed by atoms with Crippen LogP contribution < -0.4 is 14.8 Å². The van der Waals surface area contributed by atoms with Gasteiger partial charge in [-0.3, -0.25) is 4.79 Å². The van der Waals surface area contributed by atoms with Crippen LogP contribution in [0.4, 0.5) is 4.39 Å². The van der Waals surface area contributed by atoms with Gasteiger partial charge in [-0.05, 0) is 60.4 Å². The van der Waals surface area contributed by atoms with E-state index in [2.05, 4.69) is 10.0 Å². The topological polar surface area (TPSA) is 84.5 Å². The molecule has 0 aliphatic heterocycles. The summed E-state index contributed by atoms with van der Waals surface area (Å²) in [6.45, 7) is 2.65. The molecule has 0 aromatic heterocycles. The van der Waals surface area contributed by atoms with Crippen molar-refractivity contribution in [3.63, 3.8) is 0 Å². The molecule has 3 aromatic carbocycles. The number of para-hydroxylation sites is 1. The fourth-order valence-electron chi connectivity index (χ4n) is 3.28. The molecule has 8 heteroatoms. The third-order valence-corrected chi connectivity index (χ3v) is 6.35. The Hall–Kier alpha value is -3.23. The van der Waals surface area contributed by atoms with E-state index in [4.69, 9.17) is 4.74 Å². The Bertz CT molecular complexity index is 1200. The molecule has 0 heterocycles. The lowest BCUT2D eigenvalue weighted by atomic mass is 10.1. The number of carbonyl (C=O) groups is 1. The molecule has 0 aliphatic carbocycles. The predicted octanol–water partition coefficient (Wildman–Crippen LogP) is 3.95. The number of hydrogen-bond acceptors (Lipinski definition) is 4. The fourth-order valence-corrected chi connectivity index (χ4v) is 4.36. The second kappa shape index (κ2) is 11.6. The van der Waals surface area contributed by atoms with E-state index >= 15 is 0 Å². The first-order valence-corrected chi connectivity index (χ1v) is 12.2. The zero-order valence-corrected chi connectivity index (χ0v) is 19.2. The van der Waals surface area contributed by atoms with Gasteiger partial charge in [0.2, 0.25) is 15.9 Å². The highest BCUT2D eigenvalue weighted by Gasteiger charge is 2.15. The normalized spacial score (nSPS) is 11.2. The Morgan fingerprint density at radius 2 is 1.67 bits per heavy atom. The molecule has 33 heavy (non-hydrogen) atoms. The highest BCUT2D eigenvalue weighted by molar-refractivity contribution is 7.89. The highest BCUT2D eigenvalue weighted by Crippen LogP contribution is 2.19. The van der Waals surface area contributed by atoms with Crippen LogP contribution in [-0.2, 0) is 34.3 Å². The molecule has 1 amide bonds. The van der Waals surface area contributed by atoms with Crippen LogP contribution in [0.1, 0.15) is 30.0 Å². The van der Waals surface area contributed by atoms with Crippen LogP contribution in [0.3, 0.4) is 0 Å². The van der Waals surface area contributed by atoms with Crippen molar-refractivity contribution in [2.45, 2.75) is 37.8 Å². The standard InChI is InChI=1S/C25H27FN2O4S/c1-2-32-24-12-4-3-9-21(24)13-14-25(29)27-17-20-8-6-11-23(16-20)33(30,31)28-18-19-7-5-10-22(26)15-19/h3-12,15-16,28H,2,13-14,17-18H2,1H3,(H,27,29). The summed E-state index contributed by atoms with van der Waals surface area (Å²) in [6, 6.07) is 19.7. The van der Waals surface area contributed by atoms with E-state index in [1.54, 1.807) is 18.2 Å². The molecule has 0 bridgehead atoms. The minimum absolute atomic E-state index is 0.0235. The summed E-state index contributed by atoms with van der Waals surface area (Å²) in [5.74, 6) is 0.209. The number of benzene rings is 3. The van der Waals surface area contributed by atoms with Crippen LogP contribution in [0, 0.1) is 5.82 Å². The smallest absolute Gasteiger partial charge is 0.240 e. The molecule has 0 radical (unpaired) electrons. The van der Waals surface area contributed by atoms with Gasteiger partial charge in [0.15, 0.2) is 0 Å². The fraction of sp³-hybridized carbons (Fsp3) is 0.240. The van der Waals surface area contributed by atoms with E-state index in [9.17, 15) is 17.6 Å². The first-order valence-electron chi connectivity index (χ1n) is 10.7. The highest BCUT2D eigenvalue weighted by atomic mass is 32.2. The van der Waals surface area contributed by atoms with E-state index in [1.807, 2.05) is 31.2 Å². The summed E-state index contributed by atoms with van der Waals surface area (Å²) in [7, 11) is -3.79. The first kappa shape index (κ1) is 24.4. The van der Waals surface area contributed by atoms with Crippen LogP contribution in [0.15, 0.2) is 77.7 Å². The van der Waals surface area contributed by atoms with Crippen LogP contribution in [0.2, 0.25) is 0 Å². The minimum atomic E-state index is -3.79. The van der Waals surface area contributed by atoms with Gasteiger partial charge in [-0.2, -0.15) is 0 Å². The molecule has 0 aliphatic rings. The van der Waals surface area contributed by atoms with Crippen LogP contribution >= 0.6 is 0 Å². The molecule has 174 valence electrons. The Labute approximate surface area is 193 Å². The van der Waals surface area contributed by atoms with Crippen molar-refractivity contribution in [2.24, 2.45) is 0 Å². The summed E-state index contributed by atoms with van der Waals surface area (Å²) in [5.41, 5.74) is 2.14. The van der Waals surface area contributed by atoms with Crippen LogP contribution in [0.25, 0.3) is 0 Å². The Balaban J connectivity index is 1.54. The number of aryl methyl sites for hydroxylation is 1. The Kier molecular flexibility index (Phi) is 8.57. The largest absolute Gasteiger partial charge is 0.494 e. The number of sulfonamides is 1. The molecule has 0 saturated heterocycles. The van der Waals surface area contributed by atoms with E-state index in [0.717, 1.165) is 11.3 Å². The van der Waals surface area contributed by atoms with Crippen molar-refractivity contribution in [1.29, 1.82) is 0 Å². The second-order valence-corrected chi connectivity index (χ2v) is 9.19. The molecular weight excluding hydrogens is 443 g/mol. The number of hydrogen-bond donors (Lipinski definition) is 2. The molecule has 6 nitrogen and oxygen atoms in total. The summed E-state index contributed by atoms with van der Waals surface area (Å²) >= 11 is 0. The van der Waals surface area contributed by atoms with Gasteiger partial charge in [-0.1, -0.05) is 42.5 Å². The third-order valence-electron chi connectivity index (χ3n) is 4.95. The van der Waals surface area contributed by atoms with Crippen molar-refractivity contribution in [3.8, 4) is 5.75 Å². The number of halogens is 1. The van der Waals surface area contributed by atoms with Gasteiger partial charge in [-0.25, -0.2) is 17.5 Å². The molecule has 0 atom stereocenters. The first-order chi connectivity index (χ1) is 15.9. The van der Waals surface area contributed by atoms with Crippen LogP contribution in [-0.4, -0.2) is 20.9 Å². The monoisotopic (exact) mass is 470 g/mol. The van der Waals surface area contributed by atoms with Gasteiger partial charge in [0.05, 0.1) is 11.5 Å². The van der Waals surface area contributed by atoms with E-state index in [-0.39, 0.29) is 30.3 Å². The SMILES string of the molecule is CCOc1ccccc1CCC(=O)NCc1cccc(S(=O)(=O)NCc2cccc(F)c2)c1. The van der Waals surface area contributed by atoms with Gasteiger partial charge in [0.25, 0.3) is 0 Å². The molecule has 3 rings (SSSR count). The summed E-state index contributed by atoms with van der Waals surface area (Å²) in [6.07, 6.45) is 0.831. The average molecular weight is 471 g/mol. The summed E-state index contributed by atoms with van der Waals surface area (Å²) < 4.78 is 46.6. The van der Waals surface area contributed by atoms with E-state index < -0.39 is 15.8 Å². The van der Waals surface area contributed by atoms with Crippen molar-refractivity contribution < 1.29 is 22.3 Å². The molecule has 0 saturated carbocycles. The maximum atomic E-state index is 13.3. The number of carbonyl (C=O) groups excluding carboxylic acids is 1. The van der Waals surface area contributed by atoms with E-state index in [1.165, 1.54) is 30.3 Å². The predicted molar refractivity (Wildman–Crippen MR) is 125 cm³/mol. The lowest BCUT2D eigenvalue weighted by Crippen LogP contribution is -2.25. The Morgan fingerprint density at radius 1 is 0.939 bits per heavy atom. The van der Waals surface area contributed by atoms with E-state index in [0.29, 0.717) is 24.2 Å². The quantitative estimate of drug-likeness (QED) is 0.444. The second-order valence-electron chi connectivity index (χ2n) is 7.42. The third kappa shape index (κ3) is 7.40. The number of rotatable bonds is 11. The van der Waals surface area contributed by atoms with Crippen LogP contribution in [0.5, 0.6) is 5.75 Å². The number of amides is 1. The lowest BCUT2D eigenvalue weighted by molar-refractivity contribution is -0.121. The van der Waals surface area contributed by atoms with Crippen molar-refractivity contribution in [1.82, 2.24) is 10.0 Å². The summed E-state index contributed by atoms with van der Waals surface area (Å²) in [4.78, 5) is 12.4.